The van der Waals surface area contributed by atoms with Crippen LogP contribution in [0.3, 0.4) is 0 Å². The van der Waals surface area contributed by atoms with E-state index < -0.39 is 36.6 Å². The van der Waals surface area contributed by atoms with Gasteiger partial charge in [0.2, 0.25) is 0 Å². The maximum Gasteiger partial charge on any atom is 0.324 e. The second kappa shape index (κ2) is 9.51. The van der Waals surface area contributed by atoms with Gasteiger partial charge in [0.25, 0.3) is 0 Å². The first-order chi connectivity index (χ1) is 7.72. The summed E-state index contributed by atoms with van der Waals surface area (Å²) in [6.45, 7) is 0.411. The van der Waals surface area contributed by atoms with Crippen LogP contribution < -0.4 is 11.5 Å². The van der Waals surface area contributed by atoms with E-state index in [1.807, 2.05) is 0 Å². The fraction of sp³-hybridized carbons (Fsp3) is 0.625. The normalized spacial score (nSPS) is 12.7. The van der Waals surface area contributed by atoms with Crippen LogP contribution in [0.25, 0.3) is 0 Å². The Morgan fingerprint density at radius 1 is 1.12 bits per heavy atom. The van der Waals surface area contributed by atoms with Gasteiger partial charge in [-0.05, 0) is 0 Å². The molecule has 2 atom stereocenters. The first-order valence-electron chi connectivity index (χ1n) is 4.43. The van der Waals surface area contributed by atoms with Crippen molar-refractivity contribution in [1.29, 1.82) is 0 Å². The molecule has 0 rings (SSSR count). The van der Waals surface area contributed by atoms with Gasteiger partial charge >= 0.3 is 17.9 Å². The monoisotopic (exact) mass is 252 g/mol. The Balaban J connectivity index is 0. The van der Waals surface area contributed by atoms with Crippen LogP contribution in [0, 0.1) is 0 Å². The summed E-state index contributed by atoms with van der Waals surface area (Å²) >= 11 is 0. The Morgan fingerprint density at radius 3 is 1.71 bits per heavy atom. The highest BCUT2D eigenvalue weighted by Gasteiger charge is 2.11. The number of ether oxygens (including phenoxy) is 1. The zero-order chi connectivity index (χ0) is 14.0. The third kappa shape index (κ3) is 12.2. The molecule has 2 unspecified atom stereocenters. The van der Waals surface area contributed by atoms with Gasteiger partial charge in [-0.1, -0.05) is 0 Å². The molecule has 0 heterocycles. The van der Waals surface area contributed by atoms with E-state index in [1.54, 1.807) is 0 Å². The lowest BCUT2D eigenvalue weighted by Crippen LogP contribution is -2.35. The fourth-order valence-corrected chi connectivity index (χ4v) is 0.357. The molecule has 0 aliphatic heterocycles. The number of carboxylic acids is 2. The quantitative estimate of drug-likeness (QED) is 0.327. The van der Waals surface area contributed by atoms with Crippen molar-refractivity contribution in [3.8, 4) is 0 Å². The lowest BCUT2D eigenvalue weighted by Gasteiger charge is -2.04. The van der Waals surface area contributed by atoms with Crippen LogP contribution in [0.15, 0.2) is 0 Å². The Morgan fingerprint density at radius 2 is 1.53 bits per heavy atom. The summed E-state index contributed by atoms with van der Waals surface area (Å²) in [5.74, 6) is -2.89. The van der Waals surface area contributed by atoms with E-state index in [-0.39, 0.29) is 6.61 Å². The molecule has 0 fully saturated rings. The molecule has 9 nitrogen and oxygen atoms in total. The number of aliphatic hydroxyl groups excluding tert-OH is 1. The smallest absolute Gasteiger partial charge is 0.324 e. The molecule has 7 N–H and O–H groups in total. The molecule has 0 aliphatic rings. The van der Waals surface area contributed by atoms with Crippen molar-refractivity contribution in [1.82, 2.24) is 0 Å². The molecule has 0 spiro atoms. The standard InChI is InChI=1S/C5H9NO4.C3H7NO3/c1-3(7)10-2-4(6)5(8)9;4-2(1-5)3(6)7/h4H,2,6H2,1H3,(H,8,9);2,5H,1,4H2,(H,6,7). The van der Waals surface area contributed by atoms with Gasteiger partial charge in [-0.25, -0.2) is 0 Å². The zero-order valence-electron chi connectivity index (χ0n) is 9.20. The maximum atomic E-state index is 10.1. The molecule has 0 amide bonds. The average Bonchev–Trinajstić information content (AvgIpc) is 2.24. The van der Waals surface area contributed by atoms with Gasteiger partial charge in [0.15, 0.2) is 0 Å². The molecule has 0 aliphatic carbocycles. The predicted octanol–water partition coefficient (Wildman–Crippen LogP) is -2.65. The topological polar surface area (TPSA) is 173 Å². The number of esters is 1. The number of carbonyl (C=O) groups excluding carboxylic acids is 1. The summed E-state index contributed by atoms with van der Waals surface area (Å²) in [5.41, 5.74) is 9.75. The minimum atomic E-state index is -1.18. The number of nitrogens with two attached hydrogens (primary N) is 2. The molecular formula is C8H16N2O7. The minimum Gasteiger partial charge on any atom is -0.480 e. The van der Waals surface area contributed by atoms with E-state index in [2.05, 4.69) is 4.74 Å². The van der Waals surface area contributed by atoms with Crippen molar-refractivity contribution in [2.24, 2.45) is 11.5 Å². The third-order valence-electron chi connectivity index (χ3n) is 1.30. The number of hydrogen-bond donors (Lipinski definition) is 5. The van der Waals surface area contributed by atoms with Gasteiger partial charge in [-0.15, -0.1) is 0 Å². The van der Waals surface area contributed by atoms with E-state index >= 15 is 0 Å². The minimum absolute atomic E-state index is 0.273. The summed E-state index contributed by atoms with van der Waals surface area (Å²) in [5, 5.41) is 24.1. The number of aliphatic hydroxyl groups is 1. The SMILES string of the molecule is CC(=O)OCC(N)C(=O)O.NC(CO)C(=O)O. The average molecular weight is 252 g/mol. The summed E-state index contributed by atoms with van der Waals surface area (Å²) in [6.07, 6.45) is 0. The largest absolute Gasteiger partial charge is 0.480 e. The summed E-state index contributed by atoms with van der Waals surface area (Å²) in [7, 11) is 0. The molecule has 0 aromatic heterocycles. The van der Waals surface area contributed by atoms with Crippen LogP contribution in [0.4, 0.5) is 0 Å². The molecule has 0 aromatic carbocycles. The van der Waals surface area contributed by atoms with E-state index in [1.165, 1.54) is 6.92 Å². The fourth-order valence-electron chi connectivity index (χ4n) is 0.357. The molecule has 100 valence electrons. The first-order valence-corrected chi connectivity index (χ1v) is 4.43. The van der Waals surface area contributed by atoms with Crippen molar-refractivity contribution in [2.75, 3.05) is 13.2 Å². The van der Waals surface area contributed by atoms with Crippen LogP contribution in [0.2, 0.25) is 0 Å². The van der Waals surface area contributed by atoms with Crippen LogP contribution in [0.5, 0.6) is 0 Å². The van der Waals surface area contributed by atoms with Gasteiger partial charge in [-0.2, -0.15) is 0 Å². The number of aliphatic carboxylic acids is 2. The summed E-state index contributed by atoms with van der Waals surface area (Å²) < 4.78 is 4.32. The van der Waals surface area contributed by atoms with Crippen LogP contribution in [0.1, 0.15) is 6.92 Å². The highest BCUT2D eigenvalue weighted by Crippen LogP contribution is 1.82. The molecule has 0 aromatic rings. The molecule has 0 saturated heterocycles. The van der Waals surface area contributed by atoms with Gasteiger partial charge in [0.05, 0.1) is 6.61 Å². The Bertz CT molecular complexity index is 269. The van der Waals surface area contributed by atoms with Gasteiger partial charge in [-0.3, -0.25) is 14.4 Å². The maximum absolute atomic E-state index is 10.1. The number of carboxylic acid groups (broad SMARTS) is 2. The number of hydrogen-bond acceptors (Lipinski definition) is 7. The third-order valence-corrected chi connectivity index (χ3v) is 1.30. The number of rotatable bonds is 5. The van der Waals surface area contributed by atoms with Gasteiger partial charge in [0.1, 0.15) is 18.7 Å². The second-order valence-electron chi connectivity index (χ2n) is 2.87. The first kappa shape index (κ1) is 17.7. The summed E-state index contributed by atoms with van der Waals surface area (Å²) in [4.78, 5) is 29.7. The lowest BCUT2D eigenvalue weighted by atomic mass is 10.3. The Labute approximate surface area is 97.0 Å². The Hall–Kier alpha value is -1.71. The van der Waals surface area contributed by atoms with E-state index in [0.29, 0.717) is 0 Å². The van der Waals surface area contributed by atoms with Crippen molar-refractivity contribution >= 4 is 17.9 Å². The molecular weight excluding hydrogens is 236 g/mol. The van der Waals surface area contributed by atoms with Crippen molar-refractivity contribution in [3.05, 3.63) is 0 Å². The number of carbonyl (C=O) groups is 3. The predicted molar refractivity (Wildman–Crippen MR) is 54.9 cm³/mol. The van der Waals surface area contributed by atoms with Crippen LogP contribution in [-0.4, -0.2) is 58.5 Å². The molecule has 9 heteroatoms. The molecule has 17 heavy (non-hydrogen) atoms. The van der Waals surface area contributed by atoms with E-state index in [9.17, 15) is 14.4 Å². The van der Waals surface area contributed by atoms with Gasteiger partial charge in [0, 0.05) is 6.92 Å². The van der Waals surface area contributed by atoms with Crippen molar-refractivity contribution < 1.29 is 34.4 Å². The van der Waals surface area contributed by atoms with E-state index in [4.69, 9.17) is 26.8 Å². The lowest BCUT2D eigenvalue weighted by molar-refractivity contribution is -0.146. The Kier molecular flexibility index (Phi) is 9.89. The van der Waals surface area contributed by atoms with Crippen molar-refractivity contribution in [3.63, 3.8) is 0 Å². The molecule has 0 bridgehead atoms. The van der Waals surface area contributed by atoms with Crippen molar-refractivity contribution in [2.45, 2.75) is 19.0 Å². The second-order valence-corrected chi connectivity index (χ2v) is 2.87. The van der Waals surface area contributed by atoms with Crippen LogP contribution >= 0.6 is 0 Å². The van der Waals surface area contributed by atoms with Gasteiger partial charge < -0.3 is 31.5 Å². The molecule has 0 radical (unpaired) electrons. The summed E-state index contributed by atoms with van der Waals surface area (Å²) in [6, 6.07) is -2.25. The highest BCUT2D eigenvalue weighted by atomic mass is 16.5. The zero-order valence-corrected chi connectivity index (χ0v) is 9.20. The van der Waals surface area contributed by atoms with Crippen LogP contribution in [-0.2, 0) is 19.1 Å². The molecule has 0 saturated carbocycles. The van der Waals surface area contributed by atoms with E-state index in [0.717, 1.165) is 0 Å². The highest BCUT2D eigenvalue weighted by molar-refractivity contribution is 5.74.